The van der Waals surface area contributed by atoms with Crippen molar-refractivity contribution in [2.45, 2.75) is 6.04 Å². The lowest BCUT2D eigenvalue weighted by Crippen LogP contribution is -2.40. The minimum atomic E-state index is -0.0650. The molecule has 5 heteroatoms. The summed E-state index contributed by atoms with van der Waals surface area (Å²) in [4.78, 5) is 11.3. The molecule has 0 aliphatic carbocycles. The van der Waals surface area contributed by atoms with E-state index in [-0.39, 0.29) is 11.9 Å². The number of methoxy groups -OCH3 is 1. The third-order valence-electron chi connectivity index (χ3n) is 2.11. The lowest BCUT2D eigenvalue weighted by Gasteiger charge is -2.23. The highest BCUT2D eigenvalue weighted by Crippen LogP contribution is 2.13. The molecule has 70 valence electrons. The zero-order valence-electron chi connectivity index (χ0n) is 7.36. The average molecular weight is 181 g/mol. The number of ether oxygens (including phenoxy) is 1. The van der Waals surface area contributed by atoms with Gasteiger partial charge in [0.15, 0.2) is 0 Å². The number of hydrogen-bond donors (Lipinski definition) is 1. The van der Waals surface area contributed by atoms with Crippen LogP contribution in [-0.2, 0) is 4.74 Å². The van der Waals surface area contributed by atoms with Crippen molar-refractivity contribution in [2.24, 2.45) is 0 Å². The third-order valence-corrected chi connectivity index (χ3v) is 2.11. The minimum Gasteiger partial charge on any atom is -0.382 e. The highest BCUT2D eigenvalue weighted by molar-refractivity contribution is 5.93. The topological polar surface area (TPSA) is 56.1 Å². The fourth-order valence-electron chi connectivity index (χ4n) is 1.49. The normalized spacial score (nSPS) is 21.0. The molecule has 1 aliphatic heterocycles. The summed E-state index contributed by atoms with van der Waals surface area (Å²) in [7, 11) is 1.64. The van der Waals surface area contributed by atoms with Gasteiger partial charge in [0.05, 0.1) is 12.6 Å². The number of rotatable bonds is 2. The van der Waals surface area contributed by atoms with E-state index in [0.717, 1.165) is 0 Å². The number of fused-ring (bicyclic) bond motifs is 1. The maximum absolute atomic E-state index is 11.3. The number of nitrogens with zero attached hydrogens (tertiary/aromatic N) is 2. The van der Waals surface area contributed by atoms with Crippen molar-refractivity contribution in [1.29, 1.82) is 0 Å². The van der Waals surface area contributed by atoms with Gasteiger partial charge in [0.25, 0.3) is 5.91 Å². The second-order valence-corrected chi connectivity index (χ2v) is 2.98. The van der Waals surface area contributed by atoms with Gasteiger partial charge in [-0.1, -0.05) is 0 Å². The van der Waals surface area contributed by atoms with Crippen molar-refractivity contribution in [3.8, 4) is 0 Å². The number of hydrogen-bond acceptors (Lipinski definition) is 3. The van der Waals surface area contributed by atoms with Crippen LogP contribution < -0.4 is 5.32 Å². The summed E-state index contributed by atoms with van der Waals surface area (Å²) in [5.41, 5.74) is 0.605. The molecular weight excluding hydrogens is 170 g/mol. The van der Waals surface area contributed by atoms with E-state index < -0.39 is 0 Å². The van der Waals surface area contributed by atoms with Crippen LogP contribution in [-0.4, -0.2) is 35.9 Å². The zero-order chi connectivity index (χ0) is 9.26. The van der Waals surface area contributed by atoms with Gasteiger partial charge in [0, 0.05) is 19.9 Å². The van der Waals surface area contributed by atoms with Gasteiger partial charge in [-0.25, -0.2) is 0 Å². The first-order valence-electron chi connectivity index (χ1n) is 4.13. The maximum atomic E-state index is 11.3. The fraction of sp³-hybridized carbons (Fsp3) is 0.500. The van der Waals surface area contributed by atoms with Gasteiger partial charge in [-0.15, -0.1) is 0 Å². The molecule has 0 saturated carbocycles. The number of carbonyl (C=O) groups is 1. The molecule has 1 aliphatic rings. The molecule has 1 unspecified atom stereocenters. The van der Waals surface area contributed by atoms with Gasteiger partial charge in [-0.2, -0.15) is 5.10 Å². The van der Waals surface area contributed by atoms with E-state index in [9.17, 15) is 4.79 Å². The van der Waals surface area contributed by atoms with E-state index in [1.54, 1.807) is 24.1 Å². The van der Waals surface area contributed by atoms with Crippen LogP contribution in [0.1, 0.15) is 16.5 Å². The van der Waals surface area contributed by atoms with E-state index in [0.29, 0.717) is 18.8 Å². The lowest BCUT2D eigenvalue weighted by atomic mass is 10.2. The average Bonchev–Trinajstić information content (AvgIpc) is 2.59. The molecule has 2 heterocycles. The van der Waals surface area contributed by atoms with Crippen LogP contribution in [0.5, 0.6) is 0 Å². The molecule has 1 aromatic heterocycles. The number of amides is 1. The lowest BCUT2D eigenvalue weighted by molar-refractivity contribution is 0.0861. The predicted octanol–water partition coefficient (Wildman–Crippen LogP) is -0.186. The highest BCUT2D eigenvalue weighted by Gasteiger charge is 2.24. The largest absolute Gasteiger partial charge is 0.382 e. The van der Waals surface area contributed by atoms with Gasteiger partial charge in [-0.3, -0.25) is 9.48 Å². The standard InChI is InChI=1S/C8H11N3O2/c1-13-5-6-4-9-8(12)7-2-3-10-11(6)7/h2-3,6H,4-5H2,1H3,(H,9,12). The van der Waals surface area contributed by atoms with Gasteiger partial charge in [0.1, 0.15) is 5.69 Å². The van der Waals surface area contributed by atoms with Crippen LogP contribution in [0, 0.1) is 0 Å². The summed E-state index contributed by atoms with van der Waals surface area (Å²) in [6.07, 6.45) is 1.63. The molecule has 1 atom stereocenters. The Morgan fingerprint density at radius 3 is 3.46 bits per heavy atom. The molecule has 2 rings (SSSR count). The van der Waals surface area contributed by atoms with Crippen molar-refractivity contribution >= 4 is 5.91 Å². The van der Waals surface area contributed by atoms with Crippen molar-refractivity contribution in [2.75, 3.05) is 20.3 Å². The molecule has 0 fully saturated rings. The molecule has 0 spiro atoms. The molecule has 0 saturated heterocycles. The Balaban J connectivity index is 2.30. The Morgan fingerprint density at radius 2 is 2.69 bits per heavy atom. The third kappa shape index (κ3) is 1.31. The Bertz CT molecular complexity index is 321. The molecule has 5 nitrogen and oxygen atoms in total. The van der Waals surface area contributed by atoms with E-state index >= 15 is 0 Å². The van der Waals surface area contributed by atoms with E-state index in [4.69, 9.17) is 4.74 Å². The van der Waals surface area contributed by atoms with Gasteiger partial charge in [0.2, 0.25) is 0 Å². The molecule has 0 bridgehead atoms. The van der Waals surface area contributed by atoms with Crippen molar-refractivity contribution in [3.05, 3.63) is 18.0 Å². The van der Waals surface area contributed by atoms with Gasteiger partial charge in [-0.05, 0) is 6.07 Å². The van der Waals surface area contributed by atoms with Crippen molar-refractivity contribution in [1.82, 2.24) is 15.1 Å². The van der Waals surface area contributed by atoms with Crippen molar-refractivity contribution < 1.29 is 9.53 Å². The Labute approximate surface area is 75.7 Å². The second kappa shape index (κ2) is 3.18. The number of carbonyl (C=O) groups excluding carboxylic acids is 1. The SMILES string of the molecule is COCC1CNC(=O)c2ccnn21. The molecular formula is C8H11N3O2. The number of nitrogens with one attached hydrogen (secondary N) is 1. The first-order chi connectivity index (χ1) is 6.33. The molecule has 1 N–H and O–H groups in total. The summed E-state index contributed by atoms with van der Waals surface area (Å²) in [5.74, 6) is -0.0650. The summed E-state index contributed by atoms with van der Waals surface area (Å²) >= 11 is 0. The summed E-state index contributed by atoms with van der Waals surface area (Å²) in [5, 5.41) is 6.86. The van der Waals surface area contributed by atoms with Crippen LogP contribution in [0.15, 0.2) is 12.3 Å². The minimum absolute atomic E-state index is 0.0650. The fourth-order valence-corrected chi connectivity index (χ4v) is 1.49. The zero-order valence-corrected chi connectivity index (χ0v) is 7.36. The van der Waals surface area contributed by atoms with Crippen LogP contribution >= 0.6 is 0 Å². The first kappa shape index (κ1) is 8.25. The van der Waals surface area contributed by atoms with Crippen LogP contribution in [0.4, 0.5) is 0 Å². The van der Waals surface area contributed by atoms with Crippen LogP contribution in [0.2, 0.25) is 0 Å². The monoisotopic (exact) mass is 181 g/mol. The van der Waals surface area contributed by atoms with E-state index in [2.05, 4.69) is 10.4 Å². The van der Waals surface area contributed by atoms with E-state index in [1.807, 2.05) is 0 Å². The molecule has 1 aromatic rings. The Kier molecular flexibility index (Phi) is 2.02. The van der Waals surface area contributed by atoms with Crippen LogP contribution in [0.3, 0.4) is 0 Å². The van der Waals surface area contributed by atoms with Gasteiger partial charge >= 0.3 is 0 Å². The summed E-state index contributed by atoms with van der Waals surface area (Å²) in [6, 6.07) is 1.82. The molecule has 1 amide bonds. The quantitative estimate of drug-likeness (QED) is 0.688. The first-order valence-corrected chi connectivity index (χ1v) is 4.13. The second-order valence-electron chi connectivity index (χ2n) is 2.98. The smallest absolute Gasteiger partial charge is 0.269 e. The van der Waals surface area contributed by atoms with Gasteiger partial charge < -0.3 is 10.1 Å². The maximum Gasteiger partial charge on any atom is 0.269 e. The molecule has 0 radical (unpaired) electrons. The summed E-state index contributed by atoms with van der Waals surface area (Å²) < 4.78 is 6.74. The number of aromatic nitrogens is 2. The molecule has 0 aromatic carbocycles. The summed E-state index contributed by atoms with van der Waals surface area (Å²) in [6.45, 7) is 1.15. The van der Waals surface area contributed by atoms with Crippen molar-refractivity contribution in [3.63, 3.8) is 0 Å². The molecule has 13 heavy (non-hydrogen) atoms. The van der Waals surface area contributed by atoms with E-state index in [1.165, 1.54) is 0 Å². The Morgan fingerprint density at radius 1 is 1.85 bits per heavy atom. The highest BCUT2D eigenvalue weighted by atomic mass is 16.5. The van der Waals surface area contributed by atoms with Crippen LogP contribution in [0.25, 0.3) is 0 Å². The Hall–Kier alpha value is -1.36. The predicted molar refractivity (Wildman–Crippen MR) is 45.5 cm³/mol.